The fourth-order valence-electron chi connectivity index (χ4n) is 3.06. The molecule has 0 aliphatic carbocycles. The maximum absolute atomic E-state index is 12.6. The lowest BCUT2D eigenvalue weighted by atomic mass is 10.1. The third-order valence-corrected chi connectivity index (χ3v) is 4.81. The summed E-state index contributed by atoms with van der Waals surface area (Å²) < 4.78 is 17.1. The number of fused-ring (bicyclic) bond motifs is 1. The summed E-state index contributed by atoms with van der Waals surface area (Å²) in [5, 5.41) is 0. The number of rotatable bonds is 7. The quantitative estimate of drug-likeness (QED) is 0.743. The molecule has 0 radical (unpaired) electrons. The zero-order valence-electron chi connectivity index (χ0n) is 16.3. The number of nitrogens with zero attached hydrogens (tertiary/aromatic N) is 1. The highest BCUT2D eigenvalue weighted by Gasteiger charge is 2.19. The minimum Gasteiger partial charge on any atom is -0.493 e. The Morgan fingerprint density at radius 1 is 1.11 bits per heavy atom. The molecule has 5 nitrogen and oxygen atoms in total. The largest absolute Gasteiger partial charge is 0.493 e. The van der Waals surface area contributed by atoms with Gasteiger partial charge in [-0.05, 0) is 50.1 Å². The SMILES string of the molecule is CCN(Cc1cccc2c1OCCO2)C(=O)CCOc1ccc(C)c(C)c1. The second-order valence-electron chi connectivity index (χ2n) is 6.69. The zero-order valence-corrected chi connectivity index (χ0v) is 16.3. The first-order chi connectivity index (χ1) is 13.1. The molecule has 27 heavy (non-hydrogen) atoms. The number of benzene rings is 2. The van der Waals surface area contributed by atoms with Crippen molar-refractivity contribution in [3.63, 3.8) is 0 Å². The van der Waals surface area contributed by atoms with Gasteiger partial charge in [0, 0.05) is 18.7 Å². The number of hydrogen-bond acceptors (Lipinski definition) is 4. The topological polar surface area (TPSA) is 48.0 Å². The highest BCUT2D eigenvalue weighted by atomic mass is 16.6. The van der Waals surface area contributed by atoms with Crippen molar-refractivity contribution in [2.24, 2.45) is 0 Å². The monoisotopic (exact) mass is 369 g/mol. The minimum absolute atomic E-state index is 0.0654. The van der Waals surface area contributed by atoms with E-state index < -0.39 is 0 Å². The fourth-order valence-corrected chi connectivity index (χ4v) is 3.06. The second-order valence-corrected chi connectivity index (χ2v) is 6.69. The predicted molar refractivity (Wildman–Crippen MR) is 105 cm³/mol. The minimum atomic E-state index is 0.0654. The van der Waals surface area contributed by atoms with Crippen molar-refractivity contribution in [3.05, 3.63) is 53.1 Å². The summed E-state index contributed by atoms with van der Waals surface area (Å²) in [7, 11) is 0. The van der Waals surface area contributed by atoms with E-state index in [1.54, 1.807) is 0 Å². The van der Waals surface area contributed by atoms with Crippen LogP contribution in [-0.2, 0) is 11.3 Å². The molecule has 1 heterocycles. The van der Waals surface area contributed by atoms with Crippen LogP contribution in [0.1, 0.15) is 30.0 Å². The molecule has 5 heteroatoms. The van der Waals surface area contributed by atoms with Gasteiger partial charge in [-0.15, -0.1) is 0 Å². The Hall–Kier alpha value is -2.69. The third-order valence-electron chi connectivity index (χ3n) is 4.81. The number of amides is 1. The van der Waals surface area contributed by atoms with Crippen molar-refractivity contribution in [1.82, 2.24) is 4.90 Å². The summed E-state index contributed by atoms with van der Waals surface area (Å²) in [5.41, 5.74) is 3.38. The molecule has 0 N–H and O–H groups in total. The van der Waals surface area contributed by atoms with Gasteiger partial charge >= 0.3 is 0 Å². The van der Waals surface area contributed by atoms with Crippen LogP contribution in [0.3, 0.4) is 0 Å². The highest BCUT2D eigenvalue weighted by molar-refractivity contribution is 5.76. The van der Waals surface area contributed by atoms with Crippen molar-refractivity contribution in [1.29, 1.82) is 0 Å². The van der Waals surface area contributed by atoms with Crippen LogP contribution < -0.4 is 14.2 Å². The van der Waals surface area contributed by atoms with E-state index in [9.17, 15) is 4.79 Å². The predicted octanol–water partition coefficient (Wildman–Crippen LogP) is 3.89. The Labute approximate surface area is 160 Å². The second kappa shape index (κ2) is 8.80. The van der Waals surface area contributed by atoms with Crippen LogP contribution in [0.5, 0.6) is 17.2 Å². The van der Waals surface area contributed by atoms with E-state index in [2.05, 4.69) is 13.8 Å². The molecule has 0 fully saturated rings. The Bertz CT molecular complexity index is 803. The van der Waals surface area contributed by atoms with Gasteiger partial charge in [-0.2, -0.15) is 0 Å². The molecule has 1 amide bonds. The third kappa shape index (κ3) is 4.73. The van der Waals surface area contributed by atoms with Crippen LogP contribution in [0.2, 0.25) is 0 Å². The van der Waals surface area contributed by atoms with Gasteiger partial charge in [0.2, 0.25) is 5.91 Å². The summed E-state index contributed by atoms with van der Waals surface area (Å²) >= 11 is 0. The first-order valence-electron chi connectivity index (χ1n) is 9.43. The summed E-state index contributed by atoms with van der Waals surface area (Å²) in [4.78, 5) is 14.4. The van der Waals surface area contributed by atoms with Crippen molar-refractivity contribution >= 4 is 5.91 Å². The van der Waals surface area contributed by atoms with E-state index in [0.717, 1.165) is 22.8 Å². The summed E-state index contributed by atoms with van der Waals surface area (Å²) in [5.74, 6) is 2.37. The number of carbonyl (C=O) groups excluding carboxylic acids is 1. The fraction of sp³-hybridized carbons (Fsp3) is 0.409. The van der Waals surface area contributed by atoms with E-state index >= 15 is 0 Å². The summed E-state index contributed by atoms with van der Waals surface area (Å²) in [6.45, 7) is 8.70. The van der Waals surface area contributed by atoms with Crippen LogP contribution in [-0.4, -0.2) is 37.2 Å². The van der Waals surface area contributed by atoms with E-state index in [1.807, 2.05) is 48.2 Å². The van der Waals surface area contributed by atoms with Gasteiger partial charge in [0.05, 0.1) is 13.0 Å². The van der Waals surface area contributed by atoms with Crippen LogP contribution in [0, 0.1) is 13.8 Å². The maximum atomic E-state index is 12.6. The molecule has 0 atom stereocenters. The van der Waals surface area contributed by atoms with E-state index in [1.165, 1.54) is 11.1 Å². The van der Waals surface area contributed by atoms with Crippen molar-refractivity contribution in [2.75, 3.05) is 26.4 Å². The number of hydrogen-bond donors (Lipinski definition) is 0. The normalized spacial score (nSPS) is 12.6. The number of para-hydroxylation sites is 1. The van der Waals surface area contributed by atoms with Gasteiger partial charge in [0.1, 0.15) is 19.0 Å². The lowest BCUT2D eigenvalue weighted by Gasteiger charge is -2.25. The lowest BCUT2D eigenvalue weighted by Crippen LogP contribution is -2.31. The van der Waals surface area contributed by atoms with Crippen LogP contribution in [0.4, 0.5) is 0 Å². The Morgan fingerprint density at radius 2 is 1.93 bits per heavy atom. The van der Waals surface area contributed by atoms with Crippen molar-refractivity contribution in [3.8, 4) is 17.2 Å². The molecular weight excluding hydrogens is 342 g/mol. The van der Waals surface area contributed by atoms with Crippen LogP contribution in [0.15, 0.2) is 36.4 Å². The molecule has 0 aromatic heterocycles. The smallest absolute Gasteiger partial charge is 0.226 e. The van der Waals surface area contributed by atoms with Gasteiger partial charge in [-0.1, -0.05) is 18.2 Å². The Balaban J connectivity index is 1.57. The van der Waals surface area contributed by atoms with E-state index in [0.29, 0.717) is 39.3 Å². The number of ether oxygens (including phenoxy) is 3. The zero-order chi connectivity index (χ0) is 19.2. The highest BCUT2D eigenvalue weighted by Crippen LogP contribution is 2.34. The van der Waals surface area contributed by atoms with Gasteiger partial charge in [-0.3, -0.25) is 4.79 Å². The molecule has 0 bridgehead atoms. The molecule has 0 saturated carbocycles. The average molecular weight is 369 g/mol. The molecule has 2 aromatic carbocycles. The van der Waals surface area contributed by atoms with E-state index in [-0.39, 0.29) is 5.91 Å². The Morgan fingerprint density at radius 3 is 2.70 bits per heavy atom. The van der Waals surface area contributed by atoms with Gasteiger partial charge in [0.15, 0.2) is 11.5 Å². The molecule has 0 unspecified atom stereocenters. The number of carbonyl (C=O) groups is 1. The number of aryl methyl sites for hydroxylation is 2. The molecule has 0 saturated heterocycles. The van der Waals surface area contributed by atoms with Crippen molar-refractivity contribution < 1.29 is 19.0 Å². The summed E-state index contributed by atoms with van der Waals surface area (Å²) in [6.07, 6.45) is 0.340. The van der Waals surface area contributed by atoms with Crippen molar-refractivity contribution in [2.45, 2.75) is 33.7 Å². The van der Waals surface area contributed by atoms with Gasteiger partial charge in [-0.25, -0.2) is 0 Å². The van der Waals surface area contributed by atoms with Crippen LogP contribution in [0.25, 0.3) is 0 Å². The molecule has 144 valence electrons. The molecule has 1 aliphatic heterocycles. The average Bonchev–Trinajstić information content (AvgIpc) is 2.68. The Kier molecular flexibility index (Phi) is 6.22. The molecular formula is C22H27NO4. The molecule has 3 rings (SSSR count). The van der Waals surface area contributed by atoms with Gasteiger partial charge < -0.3 is 19.1 Å². The standard InChI is InChI=1S/C22H27NO4/c1-4-23(15-18-6-5-7-20-22(18)27-13-12-26-20)21(24)10-11-25-19-9-8-16(2)17(3)14-19/h5-9,14H,4,10-13,15H2,1-3H3. The maximum Gasteiger partial charge on any atom is 0.226 e. The molecule has 0 spiro atoms. The first kappa shape index (κ1) is 19.1. The molecule has 1 aliphatic rings. The first-order valence-corrected chi connectivity index (χ1v) is 9.43. The van der Waals surface area contributed by atoms with Gasteiger partial charge in [0.25, 0.3) is 0 Å². The van der Waals surface area contributed by atoms with E-state index in [4.69, 9.17) is 14.2 Å². The molecule has 2 aromatic rings. The summed E-state index contributed by atoms with van der Waals surface area (Å²) in [6, 6.07) is 11.8. The lowest BCUT2D eigenvalue weighted by molar-refractivity contribution is -0.132. The van der Waals surface area contributed by atoms with Crippen LogP contribution >= 0.6 is 0 Å².